The summed E-state index contributed by atoms with van der Waals surface area (Å²) in [4.78, 5) is 8.31. The Balaban J connectivity index is 2.40. The Bertz CT molecular complexity index is 599. The van der Waals surface area contributed by atoms with Crippen molar-refractivity contribution >= 4 is 0 Å². The molecule has 2 rings (SSSR count). The number of aromatic nitrogens is 2. The summed E-state index contributed by atoms with van der Waals surface area (Å²) in [6.07, 6.45) is -1.53. The Morgan fingerprint density at radius 1 is 1.14 bits per heavy atom. The Hall–Kier alpha value is -2.15. The minimum Gasteiger partial charge on any atom is -0.405 e. The molecule has 0 saturated carbocycles. The van der Waals surface area contributed by atoms with Crippen molar-refractivity contribution in [1.29, 1.82) is 0 Å². The lowest BCUT2D eigenvalue weighted by molar-refractivity contribution is -0.275. The fourth-order valence-corrected chi connectivity index (χ4v) is 1.91. The van der Waals surface area contributed by atoms with Crippen LogP contribution in [0.5, 0.6) is 5.75 Å². The number of alkyl halides is 3. The summed E-state index contributed by atoms with van der Waals surface area (Å²) in [7, 11) is 1.62. The summed E-state index contributed by atoms with van der Waals surface area (Å²) in [5.41, 5.74) is 1.19. The number of aryl methyl sites for hydroxylation is 1. The molecule has 1 aromatic heterocycles. The van der Waals surface area contributed by atoms with Crippen molar-refractivity contribution in [3.63, 3.8) is 0 Å². The van der Waals surface area contributed by atoms with E-state index in [1.165, 1.54) is 12.1 Å². The van der Waals surface area contributed by atoms with Gasteiger partial charge in [0.15, 0.2) is 0 Å². The average molecular weight is 297 g/mol. The molecule has 1 heterocycles. The molecule has 0 aliphatic heterocycles. The Labute approximate surface area is 120 Å². The first-order valence-electron chi connectivity index (χ1n) is 6.21. The number of nitrogens with one attached hydrogen (secondary N) is 1. The molecular formula is C14H14F3N3O. The van der Waals surface area contributed by atoms with Crippen LogP contribution in [0.1, 0.15) is 23.0 Å². The molecule has 0 amide bonds. The second kappa shape index (κ2) is 6.09. The lowest BCUT2D eigenvalue weighted by Gasteiger charge is -2.19. The van der Waals surface area contributed by atoms with Gasteiger partial charge in [-0.3, -0.25) is 0 Å². The zero-order chi connectivity index (χ0) is 15.5. The van der Waals surface area contributed by atoms with Crippen LogP contribution < -0.4 is 10.1 Å². The van der Waals surface area contributed by atoms with E-state index in [2.05, 4.69) is 20.0 Å². The zero-order valence-electron chi connectivity index (χ0n) is 11.5. The lowest BCUT2D eigenvalue weighted by atomic mass is 10.1. The van der Waals surface area contributed by atoms with Gasteiger partial charge in [0.25, 0.3) is 0 Å². The summed E-state index contributed by atoms with van der Waals surface area (Å²) in [5.74, 6) is 0.106. The van der Waals surface area contributed by atoms with Crippen LogP contribution in [-0.4, -0.2) is 23.4 Å². The van der Waals surface area contributed by atoms with Crippen molar-refractivity contribution in [2.45, 2.75) is 19.3 Å². The lowest BCUT2D eigenvalue weighted by Crippen LogP contribution is -2.23. The predicted molar refractivity (Wildman–Crippen MR) is 70.8 cm³/mol. The number of hydrogen-bond acceptors (Lipinski definition) is 4. The van der Waals surface area contributed by atoms with Gasteiger partial charge in [0, 0.05) is 18.0 Å². The molecule has 4 nitrogen and oxygen atoms in total. The number of nitrogens with zero attached hydrogens (tertiary/aromatic N) is 2. The van der Waals surface area contributed by atoms with Crippen LogP contribution in [0.2, 0.25) is 0 Å². The molecule has 0 aliphatic carbocycles. The maximum atomic E-state index is 12.5. The molecule has 21 heavy (non-hydrogen) atoms. The Morgan fingerprint density at radius 2 is 1.76 bits per heavy atom. The van der Waals surface area contributed by atoms with Crippen molar-refractivity contribution in [3.05, 3.63) is 53.6 Å². The Morgan fingerprint density at radius 3 is 2.33 bits per heavy atom. The highest BCUT2D eigenvalue weighted by molar-refractivity contribution is 5.39. The number of para-hydroxylation sites is 1. The van der Waals surface area contributed by atoms with Gasteiger partial charge in [-0.25, -0.2) is 9.97 Å². The molecule has 7 heteroatoms. The van der Waals surface area contributed by atoms with Crippen LogP contribution in [-0.2, 0) is 0 Å². The van der Waals surface area contributed by atoms with E-state index in [-0.39, 0.29) is 5.75 Å². The number of halogens is 3. The molecule has 0 radical (unpaired) electrons. The third-order valence-corrected chi connectivity index (χ3v) is 2.80. The third kappa shape index (κ3) is 3.91. The minimum atomic E-state index is -4.75. The second-order valence-electron chi connectivity index (χ2n) is 4.43. The van der Waals surface area contributed by atoms with Gasteiger partial charge in [-0.2, -0.15) is 0 Å². The number of hydrogen-bond donors (Lipinski definition) is 1. The second-order valence-corrected chi connectivity index (χ2v) is 4.43. The van der Waals surface area contributed by atoms with Crippen LogP contribution in [0.25, 0.3) is 0 Å². The van der Waals surface area contributed by atoms with Crippen molar-refractivity contribution < 1.29 is 17.9 Å². The fourth-order valence-electron chi connectivity index (χ4n) is 1.91. The molecule has 0 fully saturated rings. The van der Waals surface area contributed by atoms with E-state index in [0.29, 0.717) is 11.4 Å². The number of rotatable bonds is 4. The van der Waals surface area contributed by atoms with Gasteiger partial charge < -0.3 is 10.1 Å². The van der Waals surface area contributed by atoms with E-state index in [0.717, 1.165) is 5.56 Å². The molecule has 1 atom stereocenters. The molecule has 112 valence electrons. The maximum Gasteiger partial charge on any atom is 0.573 e. The molecule has 1 N–H and O–H groups in total. The SMILES string of the molecule is CNC(c1ncc(C)cn1)c1ccccc1OC(F)(F)F. The van der Waals surface area contributed by atoms with Gasteiger partial charge in [-0.1, -0.05) is 18.2 Å². The molecule has 0 saturated heterocycles. The number of ether oxygens (including phenoxy) is 1. The van der Waals surface area contributed by atoms with Crippen LogP contribution in [0, 0.1) is 6.92 Å². The third-order valence-electron chi connectivity index (χ3n) is 2.80. The highest BCUT2D eigenvalue weighted by Gasteiger charge is 2.33. The normalized spacial score (nSPS) is 13.0. The molecule has 2 aromatic rings. The predicted octanol–water partition coefficient (Wildman–Crippen LogP) is 2.99. The van der Waals surface area contributed by atoms with Crippen LogP contribution in [0.3, 0.4) is 0 Å². The van der Waals surface area contributed by atoms with Gasteiger partial charge >= 0.3 is 6.36 Å². The van der Waals surface area contributed by atoms with E-state index in [9.17, 15) is 13.2 Å². The summed E-state index contributed by atoms with van der Waals surface area (Å²) < 4.78 is 41.5. The fraction of sp³-hybridized carbons (Fsp3) is 0.286. The topological polar surface area (TPSA) is 47.0 Å². The largest absolute Gasteiger partial charge is 0.573 e. The monoisotopic (exact) mass is 297 g/mol. The van der Waals surface area contributed by atoms with Crippen LogP contribution in [0.15, 0.2) is 36.7 Å². The molecule has 0 bridgehead atoms. The van der Waals surface area contributed by atoms with Gasteiger partial charge in [0.2, 0.25) is 0 Å². The zero-order valence-corrected chi connectivity index (χ0v) is 11.5. The first kappa shape index (κ1) is 15.2. The van der Waals surface area contributed by atoms with Gasteiger partial charge in [0.05, 0.1) is 6.04 Å². The summed E-state index contributed by atoms with van der Waals surface area (Å²) in [6.45, 7) is 1.83. The van der Waals surface area contributed by atoms with E-state index >= 15 is 0 Å². The van der Waals surface area contributed by atoms with E-state index in [1.807, 2.05) is 6.92 Å². The van der Waals surface area contributed by atoms with E-state index < -0.39 is 12.4 Å². The first-order valence-corrected chi connectivity index (χ1v) is 6.21. The van der Waals surface area contributed by atoms with E-state index in [4.69, 9.17) is 0 Å². The van der Waals surface area contributed by atoms with Crippen molar-refractivity contribution in [2.75, 3.05) is 7.05 Å². The highest BCUT2D eigenvalue weighted by atomic mass is 19.4. The summed E-state index contributed by atoms with van der Waals surface area (Å²) in [5, 5.41) is 2.91. The standard InChI is InChI=1S/C14H14F3N3O/c1-9-7-19-13(20-8-9)12(18-2)10-5-3-4-6-11(10)21-14(15,16)17/h3-8,12,18H,1-2H3. The molecule has 1 unspecified atom stereocenters. The molecular weight excluding hydrogens is 283 g/mol. The smallest absolute Gasteiger partial charge is 0.405 e. The number of benzene rings is 1. The first-order chi connectivity index (χ1) is 9.90. The van der Waals surface area contributed by atoms with Gasteiger partial charge in [-0.05, 0) is 25.6 Å². The van der Waals surface area contributed by atoms with Gasteiger partial charge in [-0.15, -0.1) is 13.2 Å². The molecule has 1 aromatic carbocycles. The average Bonchev–Trinajstić information content (AvgIpc) is 2.42. The highest BCUT2D eigenvalue weighted by Crippen LogP contribution is 2.32. The molecule has 0 aliphatic rings. The van der Waals surface area contributed by atoms with Gasteiger partial charge in [0.1, 0.15) is 11.6 Å². The van der Waals surface area contributed by atoms with Crippen LogP contribution >= 0.6 is 0 Å². The van der Waals surface area contributed by atoms with Crippen molar-refractivity contribution in [2.24, 2.45) is 0 Å². The molecule has 0 spiro atoms. The van der Waals surface area contributed by atoms with E-state index in [1.54, 1.807) is 31.6 Å². The quantitative estimate of drug-likeness (QED) is 0.942. The van der Waals surface area contributed by atoms with Crippen LogP contribution in [0.4, 0.5) is 13.2 Å². The maximum absolute atomic E-state index is 12.5. The summed E-state index contributed by atoms with van der Waals surface area (Å²) in [6, 6.07) is 5.33. The minimum absolute atomic E-state index is 0.270. The van der Waals surface area contributed by atoms with Crippen molar-refractivity contribution in [3.8, 4) is 5.75 Å². The Kier molecular flexibility index (Phi) is 4.42. The van der Waals surface area contributed by atoms with Crippen molar-refractivity contribution in [1.82, 2.24) is 15.3 Å². The summed E-state index contributed by atoms with van der Waals surface area (Å²) >= 11 is 0.